The van der Waals surface area contributed by atoms with Gasteiger partial charge in [-0.1, -0.05) is 32.9 Å². The minimum atomic E-state index is 0.267. The third kappa shape index (κ3) is 5.54. The molecule has 0 aromatic heterocycles. The molecule has 18 heavy (non-hydrogen) atoms. The average Bonchev–Trinajstić information content (AvgIpc) is 2.39. The Hall–Kier alpha value is -1.02. The fraction of sp³-hybridized carbons (Fsp3) is 0.625. The summed E-state index contributed by atoms with van der Waals surface area (Å²) in [5.41, 5.74) is 7.33. The van der Waals surface area contributed by atoms with E-state index in [2.05, 4.69) is 45.0 Å². The Labute approximate surface area is 112 Å². The Kier molecular flexibility index (Phi) is 6.20. The molecule has 2 heteroatoms. The van der Waals surface area contributed by atoms with E-state index in [4.69, 9.17) is 10.5 Å². The van der Waals surface area contributed by atoms with Crippen LogP contribution in [0.5, 0.6) is 5.75 Å². The summed E-state index contributed by atoms with van der Waals surface area (Å²) < 4.78 is 5.72. The predicted molar refractivity (Wildman–Crippen MR) is 78.0 cm³/mol. The van der Waals surface area contributed by atoms with Gasteiger partial charge >= 0.3 is 0 Å². The number of nitrogens with two attached hydrogens (primary N) is 1. The molecule has 0 aliphatic heterocycles. The van der Waals surface area contributed by atoms with Gasteiger partial charge in [0.2, 0.25) is 0 Å². The first-order chi connectivity index (χ1) is 8.57. The Morgan fingerprint density at radius 2 is 1.78 bits per heavy atom. The number of rotatable bonds is 8. The van der Waals surface area contributed by atoms with E-state index < -0.39 is 0 Å². The predicted octanol–water partition coefficient (Wildman–Crippen LogP) is 3.78. The molecule has 1 aromatic rings. The zero-order valence-electron chi connectivity index (χ0n) is 12.0. The van der Waals surface area contributed by atoms with E-state index in [1.54, 1.807) is 0 Å². The van der Waals surface area contributed by atoms with Crippen molar-refractivity contribution < 1.29 is 4.74 Å². The molecule has 0 amide bonds. The van der Waals surface area contributed by atoms with Crippen LogP contribution in [0.4, 0.5) is 0 Å². The monoisotopic (exact) mass is 249 g/mol. The molecule has 0 aliphatic rings. The zero-order valence-corrected chi connectivity index (χ0v) is 12.0. The lowest BCUT2D eigenvalue weighted by Gasteiger charge is -2.21. The van der Waals surface area contributed by atoms with Crippen molar-refractivity contribution in [2.45, 2.75) is 46.5 Å². The molecule has 1 rings (SSSR count). The molecule has 0 radical (unpaired) electrons. The van der Waals surface area contributed by atoms with Crippen LogP contribution in [0.1, 0.15) is 45.6 Å². The molecule has 0 fully saturated rings. The Morgan fingerprint density at radius 3 is 2.33 bits per heavy atom. The van der Waals surface area contributed by atoms with Gasteiger partial charge in [0.05, 0.1) is 6.61 Å². The Morgan fingerprint density at radius 1 is 1.11 bits per heavy atom. The molecule has 0 bridgehead atoms. The molecule has 0 aliphatic carbocycles. The molecule has 0 saturated heterocycles. The van der Waals surface area contributed by atoms with Crippen molar-refractivity contribution in [1.29, 1.82) is 0 Å². The molecule has 102 valence electrons. The van der Waals surface area contributed by atoms with Crippen LogP contribution in [0.15, 0.2) is 24.3 Å². The van der Waals surface area contributed by atoms with Crippen molar-refractivity contribution in [2.24, 2.45) is 11.1 Å². The lowest BCUT2D eigenvalue weighted by Crippen LogP contribution is -2.23. The van der Waals surface area contributed by atoms with Gasteiger partial charge in [0.1, 0.15) is 5.75 Å². The van der Waals surface area contributed by atoms with Crippen molar-refractivity contribution in [3.05, 3.63) is 29.8 Å². The minimum absolute atomic E-state index is 0.267. The molecule has 0 unspecified atom stereocenters. The maximum atomic E-state index is 5.72. The summed E-state index contributed by atoms with van der Waals surface area (Å²) in [7, 11) is 0. The first-order valence-corrected chi connectivity index (χ1v) is 6.99. The van der Waals surface area contributed by atoms with Crippen LogP contribution in [0.2, 0.25) is 0 Å². The average molecular weight is 249 g/mol. The van der Waals surface area contributed by atoms with Gasteiger partial charge in [-0.15, -0.1) is 0 Å². The maximum absolute atomic E-state index is 5.72. The second kappa shape index (κ2) is 7.42. The first-order valence-electron chi connectivity index (χ1n) is 6.99. The number of benzene rings is 1. The summed E-state index contributed by atoms with van der Waals surface area (Å²) in [5.74, 6) is 0.977. The van der Waals surface area contributed by atoms with Crippen LogP contribution in [-0.2, 0) is 6.42 Å². The fourth-order valence-electron chi connectivity index (χ4n) is 1.82. The molecule has 2 nitrogen and oxygen atoms in total. The van der Waals surface area contributed by atoms with Gasteiger partial charge in [0.25, 0.3) is 0 Å². The van der Waals surface area contributed by atoms with E-state index in [1.807, 2.05) is 0 Å². The van der Waals surface area contributed by atoms with Gasteiger partial charge in [0.15, 0.2) is 0 Å². The Balaban J connectivity index is 2.17. The second-order valence-corrected chi connectivity index (χ2v) is 5.67. The number of hydrogen-bond acceptors (Lipinski definition) is 2. The molecule has 0 spiro atoms. The summed E-state index contributed by atoms with van der Waals surface area (Å²) in [6.07, 6.45) is 4.52. The number of aryl methyl sites for hydroxylation is 1. The lowest BCUT2D eigenvalue weighted by molar-refractivity contribution is 0.279. The number of unbranched alkanes of at least 4 members (excludes halogenated alkanes) is 1. The van der Waals surface area contributed by atoms with Gasteiger partial charge < -0.3 is 10.5 Å². The minimum Gasteiger partial charge on any atom is -0.494 e. The molecule has 1 aromatic carbocycles. The second-order valence-electron chi connectivity index (χ2n) is 5.67. The van der Waals surface area contributed by atoms with E-state index >= 15 is 0 Å². The highest BCUT2D eigenvalue weighted by Gasteiger charge is 2.14. The van der Waals surface area contributed by atoms with Gasteiger partial charge in [-0.05, 0) is 55.3 Å². The SMILES string of the molecule is CCc1ccc(OCCCCC(C)(C)CN)cc1. The van der Waals surface area contributed by atoms with Crippen LogP contribution in [0.3, 0.4) is 0 Å². The van der Waals surface area contributed by atoms with Crippen molar-refractivity contribution >= 4 is 0 Å². The normalized spacial score (nSPS) is 11.6. The fourth-order valence-corrected chi connectivity index (χ4v) is 1.82. The molecular formula is C16H27NO. The van der Waals surface area contributed by atoms with E-state index in [0.29, 0.717) is 0 Å². The highest BCUT2D eigenvalue weighted by molar-refractivity contribution is 5.27. The highest BCUT2D eigenvalue weighted by atomic mass is 16.5. The first kappa shape index (κ1) is 15.0. The maximum Gasteiger partial charge on any atom is 0.119 e. The topological polar surface area (TPSA) is 35.2 Å². The molecule has 0 saturated carbocycles. The molecule has 0 atom stereocenters. The summed E-state index contributed by atoms with van der Waals surface area (Å²) in [6.45, 7) is 8.15. The van der Waals surface area contributed by atoms with E-state index in [1.165, 1.54) is 18.4 Å². The quantitative estimate of drug-likeness (QED) is 0.712. The van der Waals surface area contributed by atoms with Crippen LogP contribution in [0, 0.1) is 5.41 Å². The summed E-state index contributed by atoms with van der Waals surface area (Å²) in [5, 5.41) is 0. The summed E-state index contributed by atoms with van der Waals surface area (Å²) >= 11 is 0. The van der Waals surface area contributed by atoms with Crippen LogP contribution in [-0.4, -0.2) is 13.2 Å². The van der Waals surface area contributed by atoms with Gasteiger partial charge in [-0.25, -0.2) is 0 Å². The highest BCUT2D eigenvalue weighted by Crippen LogP contribution is 2.21. The zero-order chi connectivity index (χ0) is 13.4. The summed E-state index contributed by atoms with van der Waals surface area (Å²) in [6, 6.07) is 8.38. The van der Waals surface area contributed by atoms with Gasteiger partial charge in [-0.2, -0.15) is 0 Å². The van der Waals surface area contributed by atoms with E-state index in [9.17, 15) is 0 Å². The third-order valence-corrected chi connectivity index (χ3v) is 3.40. The van der Waals surface area contributed by atoms with Crippen LogP contribution < -0.4 is 10.5 Å². The van der Waals surface area contributed by atoms with Crippen LogP contribution in [0.25, 0.3) is 0 Å². The third-order valence-electron chi connectivity index (χ3n) is 3.40. The summed E-state index contributed by atoms with van der Waals surface area (Å²) in [4.78, 5) is 0. The molecular weight excluding hydrogens is 222 g/mol. The van der Waals surface area contributed by atoms with Crippen molar-refractivity contribution in [1.82, 2.24) is 0 Å². The van der Waals surface area contributed by atoms with Gasteiger partial charge in [-0.3, -0.25) is 0 Å². The standard InChI is InChI=1S/C16H27NO/c1-4-14-7-9-15(10-8-14)18-12-6-5-11-16(2,3)13-17/h7-10H,4-6,11-13,17H2,1-3H3. The van der Waals surface area contributed by atoms with Crippen molar-refractivity contribution in [2.75, 3.05) is 13.2 Å². The van der Waals surface area contributed by atoms with E-state index in [-0.39, 0.29) is 5.41 Å². The van der Waals surface area contributed by atoms with Crippen molar-refractivity contribution in [3.63, 3.8) is 0 Å². The van der Waals surface area contributed by atoms with Gasteiger partial charge in [0, 0.05) is 0 Å². The number of ether oxygens (including phenoxy) is 1. The molecule has 0 heterocycles. The van der Waals surface area contributed by atoms with Crippen molar-refractivity contribution in [3.8, 4) is 5.75 Å². The largest absolute Gasteiger partial charge is 0.494 e. The Bertz CT molecular complexity index is 329. The van der Waals surface area contributed by atoms with Crippen LogP contribution >= 0.6 is 0 Å². The number of hydrogen-bond donors (Lipinski definition) is 1. The lowest BCUT2D eigenvalue weighted by atomic mass is 9.87. The van der Waals surface area contributed by atoms with E-state index in [0.717, 1.165) is 31.7 Å². The smallest absolute Gasteiger partial charge is 0.119 e. The molecule has 2 N–H and O–H groups in total.